The maximum atomic E-state index is 9.62. The Kier molecular flexibility index (Phi) is 6.64. The third-order valence-corrected chi connectivity index (χ3v) is 6.09. The summed E-state index contributed by atoms with van der Waals surface area (Å²) in [7, 11) is 0. The molecule has 0 spiro atoms. The van der Waals surface area contributed by atoms with Crippen molar-refractivity contribution in [3.8, 4) is 6.07 Å². The van der Waals surface area contributed by atoms with Gasteiger partial charge < -0.3 is 20.3 Å². The van der Waals surface area contributed by atoms with Crippen LogP contribution in [0.25, 0.3) is 6.08 Å². The van der Waals surface area contributed by atoms with E-state index in [0.29, 0.717) is 42.4 Å². The van der Waals surface area contributed by atoms with Crippen LogP contribution in [0, 0.1) is 17.2 Å². The average molecular weight is 438 g/mol. The zero-order valence-corrected chi connectivity index (χ0v) is 18.7. The molecule has 4 rings (SSSR count). The first-order chi connectivity index (χ1) is 15.0. The van der Waals surface area contributed by atoms with Gasteiger partial charge in [-0.15, -0.1) is 0 Å². The standard InChI is InChI=1S/C24H28ClN5O/c1-16(2)22-4-3-9-30(22)24-18(12-26)5-8-23(29-24)27-13-17-10-19-11-20(25)6-7-21(19)28-15-31-14-17/h5-8,10-11,16,22,28H,3-4,9,13-15H2,1-2H3,(H,27,29)/b17-10-. The smallest absolute Gasteiger partial charge is 0.149 e. The first-order valence-electron chi connectivity index (χ1n) is 10.8. The number of halogens is 1. The van der Waals surface area contributed by atoms with E-state index in [-0.39, 0.29) is 0 Å². The molecule has 1 saturated heterocycles. The van der Waals surface area contributed by atoms with Crippen LogP contribution in [0.15, 0.2) is 35.9 Å². The second kappa shape index (κ2) is 9.59. The number of nitriles is 1. The lowest BCUT2D eigenvalue weighted by Crippen LogP contribution is -2.34. The van der Waals surface area contributed by atoms with Crippen molar-refractivity contribution in [1.29, 1.82) is 5.26 Å². The van der Waals surface area contributed by atoms with Gasteiger partial charge in [0.1, 0.15) is 24.4 Å². The van der Waals surface area contributed by atoms with E-state index in [1.54, 1.807) is 0 Å². The molecule has 0 aliphatic carbocycles. The van der Waals surface area contributed by atoms with Gasteiger partial charge in [0.15, 0.2) is 0 Å². The molecule has 162 valence electrons. The van der Waals surface area contributed by atoms with Crippen LogP contribution >= 0.6 is 11.6 Å². The highest BCUT2D eigenvalue weighted by Crippen LogP contribution is 2.31. The lowest BCUT2D eigenvalue weighted by atomic mass is 10.0. The van der Waals surface area contributed by atoms with Gasteiger partial charge in [0, 0.05) is 29.8 Å². The van der Waals surface area contributed by atoms with Gasteiger partial charge in [-0.2, -0.15) is 5.26 Å². The Morgan fingerprint density at radius 3 is 3.03 bits per heavy atom. The van der Waals surface area contributed by atoms with Gasteiger partial charge in [0.25, 0.3) is 0 Å². The van der Waals surface area contributed by atoms with E-state index in [1.807, 2.05) is 30.3 Å². The number of nitrogens with zero attached hydrogens (tertiary/aromatic N) is 3. The number of aromatic nitrogens is 1. The Balaban J connectivity index is 1.55. The zero-order valence-electron chi connectivity index (χ0n) is 18.0. The largest absolute Gasteiger partial charge is 0.366 e. The van der Waals surface area contributed by atoms with Crippen LogP contribution in [-0.2, 0) is 4.74 Å². The van der Waals surface area contributed by atoms with E-state index < -0.39 is 0 Å². The van der Waals surface area contributed by atoms with E-state index in [1.165, 1.54) is 0 Å². The Labute approximate surface area is 188 Å². The van der Waals surface area contributed by atoms with Crippen LogP contribution in [0.4, 0.5) is 17.3 Å². The quantitative estimate of drug-likeness (QED) is 0.675. The molecule has 1 atom stereocenters. The molecule has 1 aromatic carbocycles. The predicted octanol–water partition coefficient (Wildman–Crippen LogP) is 5.13. The Bertz CT molecular complexity index is 1010. The average Bonchev–Trinajstić information content (AvgIpc) is 3.24. The van der Waals surface area contributed by atoms with Crippen molar-refractivity contribution in [2.45, 2.75) is 32.7 Å². The zero-order chi connectivity index (χ0) is 21.8. The summed E-state index contributed by atoms with van der Waals surface area (Å²) in [6, 6.07) is 12.3. The minimum Gasteiger partial charge on any atom is -0.366 e. The number of anilines is 3. The van der Waals surface area contributed by atoms with E-state index >= 15 is 0 Å². The molecular formula is C24H28ClN5O. The highest BCUT2D eigenvalue weighted by Gasteiger charge is 2.29. The molecule has 2 aliphatic rings. The van der Waals surface area contributed by atoms with Gasteiger partial charge >= 0.3 is 0 Å². The molecule has 1 fully saturated rings. The summed E-state index contributed by atoms with van der Waals surface area (Å²) in [6.45, 7) is 6.96. The first-order valence-corrected chi connectivity index (χ1v) is 11.1. The summed E-state index contributed by atoms with van der Waals surface area (Å²) in [6.07, 6.45) is 4.37. The number of benzene rings is 1. The van der Waals surface area contributed by atoms with Crippen LogP contribution in [0.5, 0.6) is 0 Å². The molecule has 0 amide bonds. The van der Waals surface area contributed by atoms with Crippen molar-refractivity contribution in [2.24, 2.45) is 5.92 Å². The van der Waals surface area contributed by atoms with Gasteiger partial charge in [-0.25, -0.2) is 4.98 Å². The number of rotatable bonds is 5. The summed E-state index contributed by atoms with van der Waals surface area (Å²) in [5.74, 6) is 2.06. The van der Waals surface area contributed by atoms with Crippen molar-refractivity contribution in [3.63, 3.8) is 0 Å². The van der Waals surface area contributed by atoms with E-state index in [4.69, 9.17) is 21.3 Å². The van der Waals surface area contributed by atoms with Gasteiger partial charge in [0.05, 0.1) is 12.2 Å². The third-order valence-electron chi connectivity index (χ3n) is 5.86. The van der Waals surface area contributed by atoms with Gasteiger partial charge in [-0.3, -0.25) is 0 Å². The molecule has 3 heterocycles. The fourth-order valence-corrected chi connectivity index (χ4v) is 4.47. The highest BCUT2D eigenvalue weighted by molar-refractivity contribution is 6.30. The van der Waals surface area contributed by atoms with Crippen molar-refractivity contribution >= 4 is 35.0 Å². The molecule has 0 radical (unpaired) electrons. The molecule has 2 N–H and O–H groups in total. The second-order valence-electron chi connectivity index (χ2n) is 8.38. The normalized spacial score (nSPS) is 20.2. The SMILES string of the molecule is CC(C)C1CCCN1c1nc(NC/C2=C/c3cc(Cl)ccc3NCOC2)ccc1C#N. The van der Waals surface area contributed by atoms with Crippen LogP contribution in [0.3, 0.4) is 0 Å². The molecule has 0 bridgehead atoms. The molecule has 7 heteroatoms. The number of nitrogens with one attached hydrogen (secondary N) is 2. The summed E-state index contributed by atoms with van der Waals surface area (Å²) in [5, 5.41) is 17.0. The summed E-state index contributed by atoms with van der Waals surface area (Å²) < 4.78 is 5.72. The fourth-order valence-electron chi connectivity index (χ4n) is 4.29. The maximum Gasteiger partial charge on any atom is 0.149 e. The highest BCUT2D eigenvalue weighted by atomic mass is 35.5. The Morgan fingerprint density at radius 1 is 1.35 bits per heavy atom. The summed E-state index contributed by atoms with van der Waals surface area (Å²) in [4.78, 5) is 7.14. The van der Waals surface area contributed by atoms with Crippen molar-refractivity contribution in [3.05, 3.63) is 52.1 Å². The molecule has 1 unspecified atom stereocenters. The van der Waals surface area contributed by atoms with Crippen LogP contribution in [-0.4, -0.2) is 37.5 Å². The predicted molar refractivity (Wildman–Crippen MR) is 127 cm³/mol. The summed E-state index contributed by atoms with van der Waals surface area (Å²) >= 11 is 6.19. The minimum absolute atomic E-state index is 0.422. The van der Waals surface area contributed by atoms with Crippen molar-refractivity contribution in [1.82, 2.24) is 4.98 Å². The van der Waals surface area contributed by atoms with E-state index in [9.17, 15) is 5.26 Å². The number of hydrogen-bond donors (Lipinski definition) is 2. The molecule has 31 heavy (non-hydrogen) atoms. The van der Waals surface area contributed by atoms with Crippen LogP contribution in [0.2, 0.25) is 5.02 Å². The first kappa shape index (κ1) is 21.5. The molecule has 6 nitrogen and oxygen atoms in total. The number of ether oxygens (including phenoxy) is 1. The maximum absolute atomic E-state index is 9.62. The lowest BCUT2D eigenvalue weighted by molar-refractivity contribution is 0.175. The lowest BCUT2D eigenvalue weighted by Gasteiger charge is -2.29. The summed E-state index contributed by atoms with van der Waals surface area (Å²) in [5.41, 5.74) is 3.76. The van der Waals surface area contributed by atoms with Crippen LogP contribution in [0.1, 0.15) is 37.8 Å². The van der Waals surface area contributed by atoms with Gasteiger partial charge in [0.2, 0.25) is 0 Å². The topological polar surface area (TPSA) is 73.2 Å². The second-order valence-corrected chi connectivity index (χ2v) is 8.82. The number of hydrogen-bond acceptors (Lipinski definition) is 6. The molecular weight excluding hydrogens is 410 g/mol. The third kappa shape index (κ3) is 4.95. The monoisotopic (exact) mass is 437 g/mol. The number of fused-ring (bicyclic) bond motifs is 1. The Hall–Kier alpha value is -2.75. The van der Waals surface area contributed by atoms with E-state index in [0.717, 1.165) is 47.8 Å². The molecule has 2 aromatic rings. The van der Waals surface area contributed by atoms with Crippen molar-refractivity contribution < 1.29 is 4.74 Å². The molecule has 0 saturated carbocycles. The Morgan fingerprint density at radius 2 is 2.23 bits per heavy atom. The van der Waals surface area contributed by atoms with E-state index in [2.05, 4.69) is 41.5 Å². The fraction of sp³-hybridized carbons (Fsp3) is 0.417. The number of pyridine rings is 1. The van der Waals surface area contributed by atoms with Gasteiger partial charge in [-0.05, 0) is 66.3 Å². The van der Waals surface area contributed by atoms with Crippen LogP contribution < -0.4 is 15.5 Å². The molecule has 1 aromatic heterocycles. The minimum atomic E-state index is 0.422. The molecule has 2 aliphatic heterocycles. The van der Waals surface area contributed by atoms with Gasteiger partial charge in [-0.1, -0.05) is 25.4 Å². The van der Waals surface area contributed by atoms with Crippen molar-refractivity contribution in [2.75, 3.05) is 42.0 Å².